The minimum Gasteiger partial charge on any atom is -0.330 e. The standard InChI is InChI=1S/C12H11Cl2F2NO/c13-9-4-1-7(5-10(9)14)6-17(8-2-3-8)12(18)11(15)16/h1,4-5,8,11H,2-3,6H2. The van der Waals surface area contributed by atoms with Gasteiger partial charge in [0.25, 0.3) is 5.91 Å². The molecule has 1 aliphatic rings. The molecule has 1 aromatic carbocycles. The monoisotopic (exact) mass is 293 g/mol. The van der Waals surface area contributed by atoms with Crippen molar-refractivity contribution in [2.45, 2.75) is 31.9 Å². The molecule has 0 aromatic heterocycles. The van der Waals surface area contributed by atoms with Crippen LogP contribution >= 0.6 is 23.2 Å². The van der Waals surface area contributed by atoms with Gasteiger partial charge in [0.1, 0.15) is 0 Å². The zero-order valence-corrected chi connectivity index (χ0v) is 10.9. The highest BCUT2D eigenvalue weighted by Gasteiger charge is 2.36. The van der Waals surface area contributed by atoms with E-state index in [0.717, 1.165) is 12.8 Å². The second-order valence-corrected chi connectivity index (χ2v) is 5.06. The zero-order valence-electron chi connectivity index (χ0n) is 9.38. The number of halogens is 4. The van der Waals surface area contributed by atoms with Crippen LogP contribution in [-0.4, -0.2) is 23.3 Å². The third-order valence-electron chi connectivity index (χ3n) is 2.79. The van der Waals surface area contributed by atoms with Gasteiger partial charge in [-0.3, -0.25) is 4.79 Å². The summed E-state index contributed by atoms with van der Waals surface area (Å²) in [6, 6.07) is 4.80. The summed E-state index contributed by atoms with van der Waals surface area (Å²) < 4.78 is 24.9. The first kappa shape index (κ1) is 13.6. The molecule has 1 saturated carbocycles. The van der Waals surface area contributed by atoms with Crippen molar-refractivity contribution in [3.8, 4) is 0 Å². The molecule has 0 N–H and O–H groups in total. The van der Waals surface area contributed by atoms with Gasteiger partial charge in [-0.2, -0.15) is 8.78 Å². The van der Waals surface area contributed by atoms with Crippen LogP contribution < -0.4 is 0 Å². The van der Waals surface area contributed by atoms with Gasteiger partial charge >= 0.3 is 6.43 Å². The van der Waals surface area contributed by atoms with Crippen molar-refractivity contribution < 1.29 is 13.6 Å². The molecular weight excluding hydrogens is 283 g/mol. The Labute approximate surface area is 113 Å². The molecule has 0 radical (unpaired) electrons. The van der Waals surface area contributed by atoms with Gasteiger partial charge in [-0.25, -0.2) is 0 Å². The number of hydrogen-bond acceptors (Lipinski definition) is 1. The molecule has 1 amide bonds. The van der Waals surface area contributed by atoms with Crippen molar-refractivity contribution in [2.24, 2.45) is 0 Å². The first-order chi connectivity index (χ1) is 8.49. The first-order valence-corrected chi connectivity index (χ1v) is 6.27. The molecule has 0 heterocycles. The van der Waals surface area contributed by atoms with E-state index in [-0.39, 0.29) is 12.6 Å². The van der Waals surface area contributed by atoms with Crippen LogP contribution in [0.3, 0.4) is 0 Å². The molecule has 0 saturated heterocycles. The Morgan fingerprint density at radius 3 is 2.50 bits per heavy atom. The van der Waals surface area contributed by atoms with Crippen LogP contribution in [0.15, 0.2) is 18.2 Å². The molecular formula is C12H11Cl2F2NO. The highest BCUT2D eigenvalue weighted by molar-refractivity contribution is 6.42. The Balaban J connectivity index is 2.13. The predicted molar refractivity (Wildman–Crippen MR) is 66.0 cm³/mol. The van der Waals surface area contributed by atoms with Crippen LogP contribution in [0.2, 0.25) is 10.0 Å². The number of hydrogen-bond donors (Lipinski definition) is 0. The summed E-state index contributed by atoms with van der Waals surface area (Å²) in [5, 5.41) is 0.757. The molecule has 1 aromatic rings. The van der Waals surface area contributed by atoms with E-state index in [1.165, 1.54) is 4.90 Å². The molecule has 6 heteroatoms. The van der Waals surface area contributed by atoms with E-state index in [0.29, 0.717) is 15.6 Å². The van der Waals surface area contributed by atoms with Crippen LogP contribution in [0.25, 0.3) is 0 Å². The van der Waals surface area contributed by atoms with E-state index in [2.05, 4.69) is 0 Å². The number of nitrogens with zero attached hydrogens (tertiary/aromatic N) is 1. The van der Waals surface area contributed by atoms with Gasteiger partial charge in [-0.05, 0) is 30.5 Å². The van der Waals surface area contributed by atoms with E-state index >= 15 is 0 Å². The van der Waals surface area contributed by atoms with Gasteiger partial charge in [-0.1, -0.05) is 29.3 Å². The molecule has 18 heavy (non-hydrogen) atoms. The van der Waals surface area contributed by atoms with Crippen LogP contribution in [0.5, 0.6) is 0 Å². The molecule has 0 aliphatic heterocycles. The normalized spacial score (nSPS) is 14.9. The highest BCUT2D eigenvalue weighted by atomic mass is 35.5. The topological polar surface area (TPSA) is 20.3 Å². The maximum absolute atomic E-state index is 12.5. The fourth-order valence-electron chi connectivity index (χ4n) is 1.73. The summed E-state index contributed by atoms with van der Waals surface area (Å²) in [5.41, 5.74) is 0.699. The summed E-state index contributed by atoms with van der Waals surface area (Å²) in [4.78, 5) is 12.6. The Hall–Kier alpha value is -0.870. The predicted octanol–water partition coefficient (Wildman–Crippen LogP) is 3.75. The minimum atomic E-state index is -2.96. The molecule has 1 fully saturated rings. The molecule has 0 atom stereocenters. The molecule has 2 rings (SSSR count). The van der Waals surface area contributed by atoms with E-state index in [9.17, 15) is 13.6 Å². The highest BCUT2D eigenvalue weighted by Crippen LogP contribution is 2.30. The Morgan fingerprint density at radius 1 is 1.33 bits per heavy atom. The largest absolute Gasteiger partial charge is 0.330 e. The summed E-state index contributed by atoms with van der Waals surface area (Å²) in [5.74, 6) is -1.12. The van der Waals surface area contributed by atoms with Crippen molar-refractivity contribution in [3.63, 3.8) is 0 Å². The second-order valence-electron chi connectivity index (χ2n) is 4.25. The third-order valence-corrected chi connectivity index (χ3v) is 3.53. The van der Waals surface area contributed by atoms with Crippen LogP contribution in [0, 0.1) is 0 Å². The Bertz CT molecular complexity index is 463. The lowest BCUT2D eigenvalue weighted by atomic mass is 10.2. The van der Waals surface area contributed by atoms with Crippen LogP contribution in [0.1, 0.15) is 18.4 Å². The van der Waals surface area contributed by atoms with E-state index in [4.69, 9.17) is 23.2 Å². The van der Waals surface area contributed by atoms with Gasteiger partial charge in [0.15, 0.2) is 0 Å². The van der Waals surface area contributed by atoms with E-state index < -0.39 is 12.3 Å². The van der Waals surface area contributed by atoms with Crippen molar-refractivity contribution in [2.75, 3.05) is 0 Å². The van der Waals surface area contributed by atoms with Crippen molar-refractivity contribution >= 4 is 29.1 Å². The van der Waals surface area contributed by atoms with Crippen molar-refractivity contribution in [3.05, 3.63) is 33.8 Å². The summed E-state index contributed by atoms with van der Waals surface area (Å²) in [7, 11) is 0. The zero-order chi connectivity index (χ0) is 13.3. The Morgan fingerprint density at radius 2 is 2.00 bits per heavy atom. The number of benzene rings is 1. The lowest BCUT2D eigenvalue weighted by Crippen LogP contribution is -2.36. The SMILES string of the molecule is O=C(C(F)F)N(Cc1ccc(Cl)c(Cl)c1)C1CC1. The van der Waals surface area contributed by atoms with Crippen LogP contribution in [-0.2, 0) is 11.3 Å². The van der Waals surface area contributed by atoms with Gasteiger partial charge in [0.05, 0.1) is 10.0 Å². The smallest absolute Gasteiger partial charge is 0.315 e. The first-order valence-electron chi connectivity index (χ1n) is 5.51. The average molecular weight is 294 g/mol. The maximum atomic E-state index is 12.5. The lowest BCUT2D eigenvalue weighted by Gasteiger charge is -2.22. The van der Waals surface area contributed by atoms with E-state index in [1.54, 1.807) is 18.2 Å². The Kier molecular flexibility index (Phi) is 4.07. The number of alkyl halides is 2. The molecule has 0 bridgehead atoms. The van der Waals surface area contributed by atoms with Gasteiger partial charge in [0.2, 0.25) is 0 Å². The maximum Gasteiger partial charge on any atom is 0.315 e. The fourth-order valence-corrected chi connectivity index (χ4v) is 2.05. The lowest BCUT2D eigenvalue weighted by molar-refractivity contribution is -0.144. The van der Waals surface area contributed by atoms with Crippen molar-refractivity contribution in [1.29, 1.82) is 0 Å². The number of carbonyl (C=O) groups is 1. The summed E-state index contributed by atoms with van der Waals surface area (Å²) in [6.45, 7) is 0.144. The number of rotatable bonds is 4. The summed E-state index contributed by atoms with van der Waals surface area (Å²) in [6.07, 6.45) is -1.41. The average Bonchev–Trinajstić information content (AvgIpc) is 3.13. The third kappa shape index (κ3) is 3.12. The van der Waals surface area contributed by atoms with Crippen LogP contribution in [0.4, 0.5) is 8.78 Å². The van der Waals surface area contributed by atoms with Crippen molar-refractivity contribution in [1.82, 2.24) is 4.90 Å². The van der Waals surface area contributed by atoms with Gasteiger partial charge in [-0.15, -0.1) is 0 Å². The summed E-state index contributed by atoms with van der Waals surface area (Å²) >= 11 is 11.6. The molecule has 1 aliphatic carbocycles. The number of carbonyl (C=O) groups excluding carboxylic acids is 1. The molecule has 98 valence electrons. The van der Waals surface area contributed by atoms with E-state index in [1.807, 2.05) is 0 Å². The second kappa shape index (κ2) is 5.41. The fraction of sp³-hybridized carbons (Fsp3) is 0.417. The molecule has 0 unspecified atom stereocenters. The minimum absolute atomic E-state index is 0.0686. The molecule has 2 nitrogen and oxygen atoms in total. The van der Waals surface area contributed by atoms with Gasteiger partial charge < -0.3 is 4.90 Å². The van der Waals surface area contributed by atoms with Gasteiger partial charge in [0, 0.05) is 12.6 Å². The number of amides is 1. The molecule has 0 spiro atoms. The quantitative estimate of drug-likeness (QED) is 0.828.